The van der Waals surface area contributed by atoms with Gasteiger partial charge >= 0.3 is 12.3 Å². The predicted molar refractivity (Wildman–Crippen MR) is 111 cm³/mol. The fourth-order valence-corrected chi connectivity index (χ4v) is 5.64. The number of sulfonamides is 1. The monoisotopic (exact) mass is 501 g/mol. The summed E-state index contributed by atoms with van der Waals surface area (Å²) in [6, 6.07) is 7.21. The number of fused-ring (bicyclic) bond motifs is 1. The third kappa shape index (κ3) is 4.71. The molecule has 0 radical (unpaired) electrons. The van der Waals surface area contributed by atoms with Crippen LogP contribution < -0.4 is 4.74 Å². The summed E-state index contributed by atoms with van der Waals surface area (Å²) in [7, 11) is -4.06. The Morgan fingerprint density at radius 1 is 1.18 bits per heavy atom. The molecular weight excluding hydrogens is 482 g/mol. The topological polar surface area (TPSA) is 102 Å². The normalized spacial score (nSPS) is 19.6. The number of rotatable bonds is 6. The largest absolute Gasteiger partial charge is 0.573 e. The van der Waals surface area contributed by atoms with Gasteiger partial charge in [0.25, 0.3) is 0 Å². The van der Waals surface area contributed by atoms with Crippen molar-refractivity contribution >= 4 is 26.9 Å². The minimum absolute atomic E-state index is 0.0376. The zero-order valence-electron chi connectivity index (χ0n) is 17.7. The van der Waals surface area contributed by atoms with Crippen LogP contribution in [0.1, 0.15) is 18.7 Å². The van der Waals surface area contributed by atoms with E-state index in [9.17, 15) is 35.9 Å². The van der Waals surface area contributed by atoms with Crippen molar-refractivity contribution < 1.29 is 40.6 Å². The lowest BCUT2D eigenvalue weighted by molar-refractivity contribution is -0.274. The molecule has 2 heterocycles. The fraction of sp³-hybridized carbons (Fsp3) is 0.333. The summed E-state index contributed by atoms with van der Waals surface area (Å²) in [5, 5.41) is 14.0. The van der Waals surface area contributed by atoms with Crippen LogP contribution in [0.3, 0.4) is 0 Å². The maximum Gasteiger partial charge on any atom is 0.573 e. The van der Waals surface area contributed by atoms with Gasteiger partial charge in [0.2, 0.25) is 10.0 Å². The van der Waals surface area contributed by atoms with Gasteiger partial charge in [-0.1, -0.05) is 6.92 Å². The first-order valence-corrected chi connectivity index (χ1v) is 11.5. The molecule has 13 heteroatoms. The Hall–Kier alpha value is -3.19. The minimum Gasteiger partial charge on any atom is -0.481 e. The number of carboxylic acid groups (broad SMARTS) is 1. The second-order valence-electron chi connectivity index (χ2n) is 8.01. The maximum absolute atomic E-state index is 14.0. The lowest BCUT2D eigenvalue weighted by Crippen LogP contribution is -2.29. The van der Waals surface area contributed by atoms with E-state index in [1.54, 1.807) is 6.92 Å². The predicted octanol–water partition coefficient (Wildman–Crippen LogP) is 3.58. The van der Waals surface area contributed by atoms with Crippen LogP contribution in [0.4, 0.5) is 17.6 Å². The molecule has 1 N–H and O–H groups in total. The Morgan fingerprint density at radius 3 is 2.47 bits per heavy atom. The Balaban J connectivity index is 1.63. The van der Waals surface area contributed by atoms with E-state index in [2.05, 4.69) is 9.84 Å². The Kier molecular flexibility index (Phi) is 6.02. The van der Waals surface area contributed by atoms with Gasteiger partial charge in [0, 0.05) is 18.5 Å². The summed E-state index contributed by atoms with van der Waals surface area (Å²) in [5.41, 5.74) is 0.581. The molecule has 1 aromatic heterocycles. The number of hydrogen-bond acceptors (Lipinski definition) is 5. The lowest BCUT2D eigenvalue weighted by Gasteiger charge is -2.18. The average Bonchev–Trinajstić information content (AvgIpc) is 3.27. The molecule has 0 unspecified atom stereocenters. The number of carboxylic acids is 1. The number of aromatic nitrogens is 2. The number of nitrogens with zero attached hydrogens (tertiary/aromatic N) is 3. The zero-order valence-corrected chi connectivity index (χ0v) is 18.5. The molecule has 182 valence electrons. The molecule has 4 rings (SSSR count). The SMILES string of the molecule is C[C@@H]1CN(S(=O)(=O)c2ccc(OC(F)(F)F)cc2)C[C@@H]1n1nc(CC(=O)O)c2ccc(F)cc21. The van der Waals surface area contributed by atoms with Gasteiger partial charge < -0.3 is 9.84 Å². The quantitative estimate of drug-likeness (QED) is 0.518. The molecule has 2 atom stereocenters. The minimum atomic E-state index is -4.90. The number of ether oxygens (including phenoxy) is 1. The molecule has 1 fully saturated rings. The van der Waals surface area contributed by atoms with Gasteiger partial charge in [-0.3, -0.25) is 9.48 Å². The summed E-state index contributed by atoms with van der Waals surface area (Å²) < 4.78 is 83.7. The molecule has 8 nitrogen and oxygen atoms in total. The lowest BCUT2D eigenvalue weighted by atomic mass is 10.1. The molecule has 0 spiro atoms. The van der Waals surface area contributed by atoms with Crippen LogP contribution in [0.5, 0.6) is 5.75 Å². The standard InChI is InChI=1S/C21H19F4N3O5S/c1-12-10-27(34(31,32)15-5-3-14(4-6-15)33-21(23,24)25)11-19(12)28-18-8-13(22)2-7-16(18)17(26-28)9-20(29)30/h2-8,12,19H,9-11H2,1H3,(H,29,30)/t12-,19+/m1/s1. The average molecular weight is 501 g/mol. The van der Waals surface area contributed by atoms with Crippen molar-refractivity contribution in [1.29, 1.82) is 0 Å². The van der Waals surface area contributed by atoms with Crippen molar-refractivity contribution in [2.24, 2.45) is 5.92 Å². The molecule has 0 aliphatic carbocycles. The summed E-state index contributed by atoms with van der Waals surface area (Å²) >= 11 is 0. The fourth-order valence-electron chi connectivity index (χ4n) is 4.09. The Bertz CT molecular complexity index is 1340. The molecule has 3 aromatic rings. The van der Waals surface area contributed by atoms with Crippen LogP contribution in [0, 0.1) is 11.7 Å². The van der Waals surface area contributed by atoms with E-state index in [0.29, 0.717) is 10.9 Å². The number of alkyl halides is 3. The molecule has 1 saturated heterocycles. The van der Waals surface area contributed by atoms with Gasteiger partial charge in [0.15, 0.2) is 0 Å². The van der Waals surface area contributed by atoms with Gasteiger partial charge in [-0.15, -0.1) is 13.2 Å². The van der Waals surface area contributed by atoms with Crippen LogP contribution in [-0.4, -0.2) is 53.0 Å². The molecule has 34 heavy (non-hydrogen) atoms. The van der Waals surface area contributed by atoms with E-state index < -0.39 is 40.0 Å². The number of benzene rings is 2. The first-order valence-electron chi connectivity index (χ1n) is 10.1. The maximum atomic E-state index is 14.0. The highest BCUT2D eigenvalue weighted by Crippen LogP contribution is 2.35. The number of carbonyl (C=O) groups is 1. The van der Waals surface area contributed by atoms with E-state index in [1.807, 2.05) is 0 Å². The van der Waals surface area contributed by atoms with Crippen LogP contribution >= 0.6 is 0 Å². The van der Waals surface area contributed by atoms with Crippen LogP contribution in [0.25, 0.3) is 10.9 Å². The van der Waals surface area contributed by atoms with Gasteiger partial charge in [-0.05, 0) is 48.4 Å². The summed E-state index contributed by atoms with van der Waals surface area (Å²) in [6.07, 6.45) is -5.28. The third-order valence-corrected chi connectivity index (χ3v) is 7.46. The highest BCUT2D eigenvalue weighted by Gasteiger charge is 2.39. The van der Waals surface area contributed by atoms with Crippen molar-refractivity contribution in [2.75, 3.05) is 13.1 Å². The molecule has 1 aliphatic heterocycles. The summed E-state index contributed by atoms with van der Waals surface area (Å²) in [5.74, 6) is -2.48. The van der Waals surface area contributed by atoms with Crippen molar-refractivity contribution in [3.8, 4) is 5.75 Å². The van der Waals surface area contributed by atoms with Crippen molar-refractivity contribution in [3.63, 3.8) is 0 Å². The van der Waals surface area contributed by atoms with E-state index in [1.165, 1.54) is 27.2 Å². The van der Waals surface area contributed by atoms with Crippen molar-refractivity contribution in [1.82, 2.24) is 14.1 Å². The number of hydrogen-bond donors (Lipinski definition) is 1. The van der Waals surface area contributed by atoms with Crippen LogP contribution in [-0.2, 0) is 21.2 Å². The summed E-state index contributed by atoms with van der Waals surface area (Å²) in [6.45, 7) is 1.83. The van der Waals surface area contributed by atoms with E-state index in [4.69, 9.17) is 0 Å². The Morgan fingerprint density at radius 2 is 1.85 bits per heavy atom. The van der Waals surface area contributed by atoms with Gasteiger partial charge in [0.1, 0.15) is 11.6 Å². The van der Waals surface area contributed by atoms with E-state index in [-0.39, 0.29) is 36.0 Å². The van der Waals surface area contributed by atoms with E-state index >= 15 is 0 Å². The second kappa shape index (κ2) is 8.55. The van der Waals surface area contributed by atoms with E-state index in [0.717, 1.165) is 24.3 Å². The number of halogens is 4. The second-order valence-corrected chi connectivity index (χ2v) is 9.95. The zero-order chi connectivity index (χ0) is 24.8. The molecule has 2 aromatic carbocycles. The number of aliphatic carboxylic acids is 1. The molecule has 0 saturated carbocycles. The molecular formula is C21H19F4N3O5S. The first kappa shape index (κ1) is 24.0. The molecule has 0 bridgehead atoms. The van der Waals surface area contributed by atoms with Crippen LogP contribution in [0.15, 0.2) is 47.4 Å². The molecule has 1 aliphatic rings. The third-order valence-electron chi connectivity index (χ3n) is 5.61. The first-order chi connectivity index (χ1) is 15.8. The smallest absolute Gasteiger partial charge is 0.481 e. The van der Waals surface area contributed by atoms with Crippen molar-refractivity contribution in [3.05, 3.63) is 54.0 Å². The Labute approximate surface area is 191 Å². The van der Waals surface area contributed by atoms with Gasteiger partial charge in [0.05, 0.1) is 28.6 Å². The highest BCUT2D eigenvalue weighted by atomic mass is 32.2. The van der Waals surface area contributed by atoms with Crippen LogP contribution in [0.2, 0.25) is 0 Å². The van der Waals surface area contributed by atoms with Gasteiger partial charge in [-0.25, -0.2) is 12.8 Å². The highest BCUT2D eigenvalue weighted by molar-refractivity contribution is 7.89. The van der Waals surface area contributed by atoms with Crippen molar-refractivity contribution in [2.45, 2.75) is 30.6 Å². The molecule has 0 amide bonds. The summed E-state index contributed by atoms with van der Waals surface area (Å²) in [4.78, 5) is 11.0. The van der Waals surface area contributed by atoms with Gasteiger partial charge in [-0.2, -0.15) is 9.40 Å².